The van der Waals surface area contributed by atoms with Crippen LogP contribution in [0.4, 0.5) is 11.4 Å². The molecule has 25 heavy (non-hydrogen) atoms. The van der Waals surface area contributed by atoms with Crippen LogP contribution in [0.2, 0.25) is 5.02 Å². The molecule has 1 amide bonds. The van der Waals surface area contributed by atoms with Crippen molar-refractivity contribution < 1.29 is 9.53 Å². The summed E-state index contributed by atoms with van der Waals surface area (Å²) in [5.74, 6) is 0.304. The third kappa shape index (κ3) is 4.67. The summed E-state index contributed by atoms with van der Waals surface area (Å²) in [6.45, 7) is 3.92. The van der Waals surface area contributed by atoms with E-state index in [1.165, 1.54) is 24.9 Å². The predicted molar refractivity (Wildman–Crippen MR) is 103 cm³/mol. The predicted octanol–water partition coefficient (Wildman–Crippen LogP) is 4.74. The van der Waals surface area contributed by atoms with Crippen LogP contribution in [0.25, 0.3) is 0 Å². The minimum Gasteiger partial charge on any atom is -0.479 e. The second-order valence-corrected chi connectivity index (χ2v) is 6.68. The molecule has 2 aromatic carbocycles. The lowest BCUT2D eigenvalue weighted by Gasteiger charge is -2.28. The Kier molecular flexibility index (Phi) is 5.82. The molecule has 4 nitrogen and oxygen atoms in total. The molecule has 0 radical (unpaired) electrons. The topological polar surface area (TPSA) is 41.6 Å². The highest BCUT2D eigenvalue weighted by Gasteiger charge is 2.16. The lowest BCUT2D eigenvalue weighted by atomic mass is 10.1. The molecule has 0 unspecified atom stereocenters. The zero-order chi connectivity index (χ0) is 17.6. The maximum atomic E-state index is 12.3. The van der Waals surface area contributed by atoms with Crippen molar-refractivity contribution in [2.24, 2.45) is 0 Å². The average molecular weight is 359 g/mol. The second-order valence-electron chi connectivity index (χ2n) is 6.27. The first-order chi connectivity index (χ1) is 12.1. The van der Waals surface area contributed by atoms with E-state index in [0.29, 0.717) is 10.8 Å². The van der Waals surface area contributed by atoms with Crippen molar-refractivity contribution in [2.45, 2.75) is 32.3 Å². The summed E-state index contributed by atoms with van der Waals surface area (Å²) < 4.78 is 5.65. The van der Waals surface area contributed by atoms with Crippen LogP contribution in [-0.4, -0.2) is 25.1 Å². The lowest BCUT2D eigenvalue weighted by molar-refractivity contribution is -0.122. The summed E-state index contributed by atoms with van der Waals surface area (Å²) in [4.78, 5) is 14.7. The number of nitrogens with one attached hydrogen (secondary N) is 1. The summed E-state index contributed by atoms with van der Waals surface area (Å²) in [7, 11) is 0. The number of ether oxygens (including phenoxy) is 1. The van der Waals surface area contributed by atoms with Gasteiger partial charge in [0, 0.05) is 24.5 Å². The molecule has 0 bridgehead atoms. The van der Waals surface area contributed by atoms with Gasteiger partial charge in [-0.05, 0) is 62.6 Å². The van der Waals surface area contributed by atoms with Gasteiger partial charge in [0.2, 0.25) is 0 Å². The summed E-state index contributed by atoms with van der Waals surface area (Å²) in [5.41, 5.74) is 1.97. The van der Waals surface area contributed by atoms with Gasteiger partial charge in [-0.15, -0.1) is 0 Å². The molecule has 1 N–H and O–H groups in total. The average Bonchev–Trinajstić information content (AvgIpc) is 2.65. The lowest BCUT2D eigenvalue weighted by Crippen LogP contribution is -2.30. The molecular formula is C20H23ClN2O2. The van der Waals surface area contributed by atoms with E-state index >= 15 is 0 Å². The number of rotatable bonds is 5. The maximum Gasteiger partial charge on any atom is 0.265 e. The Balaban J connectivity index is 1.57. The smallest absolute Gasteiger partial charge is 0.265 e. The number of halogens is 1. The fourth-order valence-electron chi connectivity index (χ4n) is 2.94. The van der Waals surface area contributed by atoms with Gasteiger partial charge >= 0.3 is 0 Å². The molecular weight excluding hydrogens is 336 g/mol. The van der Waals surface area contributed by atoms with Gasteiger partial charge in [-0.3, -0.25) is 4.79 Å². The van der Waals surface area contributed by atoms with Crippen LogP contribution in [0.5, 0.6) is 5.75 Å². The SMILES string of the molecule is C[C@H](Oc1ccccc1Cl)C(=O)Nc1ccc(N2CCCCC2)cc1. The van der Waals surface area contributed by atoms with Gasteiger partial charge in [-0.1, -0.05) is 23.7 Å². The molecule has 1 aliphatic heterocycles. The number of anilines is 2. The first-order valence-electron chi connectivity index (χ1n) is 8.70. The van der Waals surface area contributed by atoms with Crippen LogP contribution in [0.15, 0.2) is 48.5 Å². The first-order valence-corrected chi connectivity index (χ1v) is 9.08. The number of hydrogen-bond acceptors (Lipinski definition) is 3. The Morgan fingerprint density at radius 1 is 1.08 bits per heavy atom. The minimum atomic E-state index is -0.637. The van der Waals surface area contributed by atoms with Crippen LogP contribution in [0.1, 0.15) is 26.2 Å². The monoisotopic (exact) mass is 358 g/mol. The van der Waals surface area contributed by atoms with Gasteiger partial charge in [0.1, 0.15) is 5.75 Å². The van der Waals surface area contributed by atoms with Gasteiger partial charge in [-0.25, -0.2) is 0 Å². The molecule has 3 rings (SSSR count). The standard InChI is InChI=1S/C20H23ClN2O2/c1-15(25-19-8-4-3-7-18(19)21)20(24)22-16-9-11-17(12-10-16)23-13-5-2-6-14-23/h3-4,7-12,15H,2,5-6,13-14H2,1H3,(H,22,24)/t15-/m0/s1. The van der Waals surface area contributed by atoms with E-state index in [0.717, 1.165) is 18.8 Å². The highest BCUT2D eigenvalue weighted by atomic mass is 35.5. The molecule has 1 fully saturated rings. The number of nitrogens with zero attached hydrogens (tertiary/aromatic N) is 1. The van der Waals surface area contributed by atoms with Crippen molar-refractivity contribution in [3.63, 3.8) is 0 Å². The van der Waals surface area contributed by atoms with E-state index in [1.54, 1.807) is 19.1 Å². The van der Waals surface area contributed by atoms with Crippen LogP contribution < -0.4 is 15.0 Å². The van der Waals surface area contributed by atoms with Crippen molar-refractivity contribution >= 4 is 28.9 Å². The molecule has 1 atom stereocenters. The third-order valence-electron chi connectivity index (χ3n) is 4.37. The fourth-order valence-corrected chi connectivity index (χ4v) is 3.12. The quantitative estimate of drug-likeness (QED) is 0.839. The van der Waals surface area contributed by atoms with E-state index in [4.69, 9.17) is 16.3 Å². The van der Waals surface area contributed by atoms with Crippen molar-refractivity contribution in [2.75, 3.05) is 23.3 Å². The van der Waals surface area contributed by atoms with Gasteiger partial charge in [0.25, 0.3) is 5.91 Å². The van der Waals surface area contributed by atoms with Gasteiger partial charge in [0.15, 0.2) is 6.10 Å². The molecule has 132 valence electrons. The number of piperidine rings is 1. The van der Waals surface area contributed by atoms with Gasteiger partial charge in [-0.2, -0.15) is 0 Å². The number of para-hydroxylation sites is 1. The molecule has 0 saturated carbocycles. The third-order valence-corrected chi connectivity index (χ3v) is 4.68. The van der Waals surface area contributed by atoms with Gasteiger partial charge < -0.3 is 15.0 Å². The highest BCUT2D eigenvalue weighted by Crippen LogP contribution is 2.25. The fraction of sp³-hybridized carbons (Fsp3) is 0.350. The van der Waals surface area contributed by atoms with Crippen molar-refractivity contribution in [3.8, 4) is 5.75 Å². The second kappa shape index (κ2) is 8.26. The van der Waals surface area contributed by atoms with Crippen LogP contribution in [0.3, 0.4) is 0 Å². The zero-order valence-electron chi connectivity index (χ0n) is 14.4. The zero-order valence-corrected chi connectivity index (χ0v) is 15.1. The van der Waals surface area contributed by atoms with E-state index in [1.807, 2.05) is 24.3 Å². The number of benzene rings is 2. The van der Waals surface area contributed by atoms with Crippen LogP contribution in [0, 0.1) is 0 Å². The first kappa shape index (κ1) is 17.6. The summed E-state index contributed by atoms with van der Waals surface area (Å²) in [5, 5.41) is 3.38. The Hall–Kier alpha value is -2.20. The minimum absolute atomic E-state index is 0.203. The Morgan fingerprint density at radius 2 is 1.76 bits per heavy atom. The summed E-state index contributed by atoms with van der Waals surface area (Å²) in [6.07, 6.45) is 3.17. The molecule has 0 spiro atoms. The van der Waals surface area contributed by atoms with E-state index in [-0.39, 0.29) is 5.91 Å². The Labute approximate surface area is 153 Å². The normalized spacial score (nSPS) is 15.5. The number of carbonyl (C=O) groups is 1. The molecule has 2 aromatic rings. The van der Waals surface area contributed by atoms with Gasteiger partial charge in [0.05, 0.1) is 5.02 Å². The number of carbonyl (C=O) groups excluding carboxylic acids is 1. The molecule has 5 heteroatoms. The van der Waals surface area contributed by atoms with Crippen LogP contribution >= 0.6 is 11.6 Å². The summed E-state index contributed by atoms with van der Waals surface area (Å²) >= 11 is 6.06. The molecule has 1 aliphatic rings. The molecule has 1 heterocycles. The molecule has 1 saturated heterocycles. The van der Waals surface area contributed by atoms with E-state index in [9.17, 15) is 4.79 Å². The van der Waals surface area contributed by atoms with Crippen LogP contribution in [-0.2, 0) is 4.79 Å². The van der Waals surface area contributed by atoms with Crippen molar-refractivity contribution in [1.82, 2.24) is 0 Å². The van der Waals surface area contributed by atoms with Crippen molar-refractivity contribution in [3.05, 3.63) is 53.6 Å². The number of amides is 1. The Bertz CT molecular complexity index is 712. The summed E-state index contributed by atoms with van der Waals surface area (Å²) in [6, 6.07) is 15.1. The molecule has 0 aliphatic carbocycles. The van der Waals surface area contributed by atoms with Crippen molar-refractivity contribution in [1.29, 1.82) is 0 Å². The van der Waals surface area contributed by atoms with E-state index < -0.39 is 6.10 Å². The van der Waals surface area contributed by atoms with E-state index in [2.05, 4.69) is 22.3 Å². The maximum absolute atomic E-state index is 12.3. The Morgan fingerprint density at radius 3 is 2.44 bits per heavy atom. The largest absolute Gasteiger partial charge is 0.479 e. The highest BCUT2D eigenvalue weighted by molar-refractivity contribution is 6.32. The molecule has 0 aromatic heterocycles. The number of hydrogen-bond donors (Lipinski definition) is 1.